The topological polar surface area (TPSA) is 41.6 Å². The van der Waals surface area contributed by atoms with Gasteiger partial charge in [0.1, 0.15) is 5.84 Å². The summed E-state index contributed by atoms with van der Waals surface area (Å²) in [5, 5.41) is 0. The van der Waals surface area contributed by atoms with E-state index in [4.69, 9.17) is 5.73 Å². The van der Waals surface area contributed by atoms with Crippen molar-refractivity contribution in [3.05, 3.63) is 47.7 Å². The molecule has 1 heterocycles. The molecule has 21 heavy (non-hydrogen) atoms. The van der Waals surface area contributed by atoms with E-state index in [1.54, 1.807) is 0 Å². The Morgan fingerprint density at radius 2 is 1.90 bits per heavy atom. The Balaban J connectivity index is 2.33. The Kier molecular flexibility index (Phi) is 5.20. The second-order valence-corrected chi connectivity index (χ2v) is 5.44. The molecule has 2 N–H and O–H groups in total. The molecule has 1 aliphatic rings. The van der Waals surface area contributed by atoms with Gasteiger partial charge in [0.25, 0.3) is 0 Å². The van der Waals surface area contributed by atoms with Crippen LogP contribution in [-0.2, 0) is 0 Å². The first-order chi connectivity index (χ1) is 10.2. The fourth-order valence-corrected chi connectivity index (χ4v) is 2.65. The zero-order valence-corrected chi connectivity index (χ0v) is 13.1. The van der Waals surface area contributed by atoms with Crippen LogP contribution in [0.4, 0.5) is 5.69 Å². The van der Waals surface area contributed by atoms with Crippen molar-refractivity contribution < 1.29 is 0 Å². The molecular weight excluding hydrogens is 258 g/mol. The summed E-state index contributed by atoms with van der Waals surface area (Å²) in [5.74, 6) is 0.653. The number of allylic oxidation sites excluding steroid dienone is 1. The number of fused-ring (bicyclic) bond motifs is 1. The first-order valence-corrected chi connectivity index (χ1v) is 7.72. The van der Waals surface area contributed by atoms with Crippen LogP contribution < -0.4 is 5.73 Å². The van der Waals surface area contributed by atoms with Gasteiger partial charge >= 0.3 is 0 Å². The molecule has 0 amide bonds. The standard InChI is InChI=1S/C18H25N3/c1-4-10-21(11-5-2)14(3)16-12-15-8-6-7-9-17(15)20-18(19)13-16/h6-9,12H,3-5,10-11,13H2,1-2H3,(H2,19,20). The molecule has 1 aromatic carbocycles. The van der Waals surface area contributed by atoms with Crippen molar-refractivity contribution in [3.63, 3.8) is 0 Å². The van der Waals surface area contributed by atoms with Crippen LogP contribution in [-0.4, -0.2) is 23.8 Å². The normalized spacial score (nSPS) is 13.8. The lowest BCUT2D eigenvalue weighted by Crippen LogP contribution is -2.26. The van der Waals surface area contributed by atoms with Crippen LogP contribution in [0.1, 0.15) is 38.7 Å². The van der Waals surface area contributed by atoms with Crippen LogP contribution >= 0.6 is 0 Å². The smallest absolute Gasteiger partial charge is 0.104 e. The van der Waals surface area contributed by atoms with Crippen molar-refractivity contribution in [1.29, 1.82) is 0 Å². The zero-order chi connectivity index (χ0) is 15.2. The van der Waals surface area contributed by atoms with E-state index < -0.39 is 0 Å². The van der Waals surface area contributed by atoms with Gasteiger partial charge in [0.15, 0.2) is 0 Å². The molecule has 0 spiro atoms. The number of benzene rings is 1. The summed E-state index contributed by atoms with van der Waals surface area (Å²) in [6.45, 7) is 10.8. The summed E-state index contributed by atoms with van der Waals surface area (Å²) in [6, 6.07) is 8.10. The van der Waals surface area contributed by atoms with E-state index in [1.165, 1.54) is 5.57 Å². The van der Waals surface area contributed by atoms with E-state index >= 15 is 0 Å². The highest BCUT2D eigenvalue weighted by Gasteiger charge is 2.15. The molecule has 0 aliphatic carbocycles. The minimum atomic E-state index is 0.653. The number of amidine groups is 1. The van der Waals surface area contributed by atoms with Crippen LogP contribution in [0, 0.1) is 0 Å². The maximum absolute atomic E-state index is 6.08. The van der Waals surface area contributed by atoms with E-state index in [0.29, 0.717) is 12.3 Å². The highest BCUT2D eigenvalue weighted by atomic mass is 15.1. The average molecular weight is 283 g/mol. The minimum absolute atomic E-state index is 0.653. The summed E-state index contributed by atoms with van der Waals surface area (Å²) >= 11 is 0. The molecule has 0 radical (unpaired) electrons. The largest absolute Gasteiger partial charge is 0.387 e. The van der Waals surface area contributed by atoms with Gasteiger partial charge in [-0.2, -0.15) is 0 Å². The van der Waals surface area contributed by atoms with E-state index in [-0.39, 0.29) is 0 Å². The molecule has 0 atom stereocenters. The van der Waals surface area contributed by atoms with Crippen LogP contribution in [0.25, 0.3) is 6.08 Å². The van der Waals surface area contributed by atoms with Gasteiger partial charge in [0.2, 0.25) is 0 Å². The monoisotopic (exact) mass is 283 g/mol. The van der Waals surface area contributed by atoms with Gasteiger partial charge in [0, 0.05) is 30.8 Å². The molecule has 3 heteroatoms. The Morgan fingerprint density at radius 3 is 2.57 bits per heavy atom. The fraction of sp³-hybridized carbons (Fsp3) is 0.389. The van der Waals surface area contributed by atoms with E-state index in [0.717, 1.165) is 42.9 Å². The SMILES string of the molecule is C=C(C1=Cc2ccccc2N=C(N)C1)N(CCC)CCC. The van der Waals surface area contributed by atoms with Crippen LogP contribution in [0.2, 0.25) is 0 Å². The lowest BCUT2D eigenvalue weighted by molar-refractivity contribution is 0.351. The van der Waals surface area contributed by atoms with Gasteiger partial charge in [-0.3, -0.25) is 0 Å². The Labute approximate surface area is 127 Å². The summed E-state index contributed by atoms with van der Waals surface area (Å²) in [5.41, 5.74) is 10.4. The quantitative estimate of drug-likeness (QED) is 0.854. The van der Waals surface area contributed by atoms with Crippen molar-refractivity contribution in [3.8, 4) is 0 Å². The van der Waals surface area contributed by atoms with E-state index in [1.807, 2.05) is 18.2 Å². The number of aliphatic imine (C=N–C) groups is 1. The molecule has 1 aliphatic heterocycles. The van der Waals surface area contributed by atoms with Crippen molar-refractivity contribution in [2.75, 3.05) is 13.1 Å². The van der Waals surface area contributed by atoms with Gasteiger partial charge in [-0.05, 0) is 30.6 Å². The van der Waals surface area contributed by atoms with Gasteiger partial charge in [-0.15, -0.1) is 0 Å². The van der Waals surface area contributed by atoms with Gasteiger partial charge in [-0.25, -0.2) is 4.99 Å². The molecule has 112 valence electrons. The number of para-hydroxylation sites is 1. The number of rotatable bonds is 6. The van der Waals surface area contributed by atoms with Crippen molar-refractivity contribution in [2.45, 2.75) is 33.1 Å². The van der Waals surface area contributed by atoms with Crippen molar-refractivity contribution >= 4 is 17.6 Å². The minimum Gasteiger partial charge on any atom is -0.387 e. The molecule has 2 rings (SSSR count). The van der Waals surface area contributed by atoms with Gasteiger partial charge in [-0.1, -0.05) is 38.6 Å². The molecule has 0 saturated heterocycles. The third-order valence-electron chi connectivity index (χ3n) is 3.64. The van der Waals surface area contributed by atoms with E-state index in [2.05, 4.69) is 42.5 Å². The van der Waals surface area contributed by atoms with Gasteiger partial charge in [0.05, 0.1) is 5.69 Å². The highest BCUT2D eigenvalue weighted by Crippen LogP contribution is 2.29. The Bertz CT molecular complexity index is 564. The summed E-state index contributed by atoms with van der Waals surface area (Å²) in [4.78, 5) is 6.86. The average Bonchev–Trinajstić information content (AvgIpc) is 2.64. The molecule has 0 aromatic heterocycles. The highest BCUT2D eigenvalue weighted by molar-refractivity contribution is 5.91. The number of hydrogen-bond acceptors (Lipinski definition) is 3. The Morgan fingerprint density at radius 1 is 1.24 bits per heavy atom. The molecule has 0 unspecified atom stereocenters. The second-order valence-electron chi connectivity index (χ2n) is 5.44. The summed E-state index contributed by atoms with van der Waals surface area (Å²) < 4.78 is 0. The van der Waals surface area contributed by atoms with Crippen molar-refractivity contribution in [1.82, 2.24) is 4.90 Å². The number of nitrogens with two attached hydrogens (primary N) is 1. The van der Waals surface area contributed by atoms with Crippen LogP contribution in [0.3, 0.4) is 0 Å². The molecular formula is C18H25N3. The number of nitrogens with zero attached hydrogens (tertiary/aromatic N) is 2. The molecule has 0 saturated carbocycles. The van der Waals surface area contributed by atoms with E-state index in [9.17, 15) is 0 Å². The maximum Gasteiger partial charge on any atom is 0.104 e. The summed E-state index contributed by atoms with van der Waals surface area (Å²) in [6.07, 6.45) is 5.08. The predicted octanol–water partition coefficient (Wildman–Crippen LogP) is 4.10. The first-order valence-electron chi connectivity index (χ1n) is 7.72. The molecule has 1 aromatic rings. The molecule has 0 bridgehead atoms. The zero-order valence-electron chi connectivity index (χ0n) is 13.1. The van der Waals surface area contributed by atoms with Crippen molar-refractivity contribution in [2.24, 2.45) is 10.7 Å². The fourth-order valence-electron chi connectivity index (χ4n) is 2.65. The van der Waals surface area contributed by atoms with Crippen LogP contribution in [0.5, 0.6) is 0 Å². The van der Waals surface area contributed by atoms with Crippen LogP contribution in [0.15, 0.2) is 47.1 Å². The Hall–Kier alpha value is -2.03. The van der Waals surface area contributed by atoms with Gasteiger partial charge < -0.3 is 10.6 Å². The predicted molar refractivity (Wildman–Crippen MR) is 91.6 cm³/mol. The lowest BCUT2D eigenvalue weighted by atomic mass is 10.0. The number of hydrogen-bond donors (Lipinski definition) is 1. The first kappa shape index (κ1) is 15.4. The summed E-state index contributed by atoms with van der Waals surface area (Å²) in [7, 11) is 0. The maximum atomic E-state index is 6.08. The molecule has 0 fully saturated rings. The molecule has 3 nitrogen and oxygen atoms in total. The second kappa shape index (κ2) is 7.11. The lowest BCUT2D eigenvalue weighted by Gasteiger charge is -2.27. The third-order valence-corrected chi connectivity index (χ3v) is 3.64. The third kappa shape index (κ3) is 3.75.